The molecule has 0 atom stereocenters. The van der Waals surface area contributed by atoms with Crippen molar-refractivity contribution in [3.05, 3.63) is 28.0 Å². The summed E-state index contributed by atoms with van der Waals surface area (Å²) in [7, 11) is 0. The van der Waals surface area contributed by atoms with E-state index >= 15 is 0 Å². The fraction of sp³-hybridized carbons (Fsp3) is 0.500. The molecule has 1 heterocycles. The fourth-order valence-corrected chi connectivity index (χ4v) is 2.47. The smallest absolute Gasteiger partial charge is 0.160 e. The molecule has 0 spiro atoms. The summed E-state index contributed by atoms with van der Waals surface area (Å²) in [5.41, 5.74) is 6.96. The van der Waals surface area contributed by atoms with Crippen molar-refractivity contribution in [2.45, 2.75) is 13.0 Å². The summed E-state index contributed by atoms with van der Waals surface area (Å²) in [5, 5.41) is 0. The lowest BCUT2D eigenvalue weighted by atomic mass is 10.1. The van der Waals surface area contributed by atoms with E-state index < -0.39 is 0 Å². The van der Waals surface area contributed by atoms with E-state index in [9.17, 15) is 4.39 Å². The summed E-state index contributed by atoms with van der Waals surface area (Å²) in [5.74, 6) is -0.227. The van der Waals surface area contributed by atoms with Gasteiger partial charge < -0.3 is 15.4 Å². The van der Waals surface area contributed by atoms with Gasteiger partial charge in [-0.25, -0.2) is 4.39 Å². The van der Waals surface area contributed by atoms with Gasteiger partial charge in [0.25, 0.3) is 0 Å². The molecule has 0 bridgehead atoms. The molecular weight excluding hydrogens is 287 g/mol. The molecule has 17 heavy (non-hydrogen) atoms. The van der Waals surface area contributed by atoms with Crippen LogP contribution >= 0.6 is 15.9 Å². The zero-order valence-corrected chi connectivity index (χ0v) is 11.2. The largest absolute Gasteiger partial charge is 0.380 e. The number of rotatable bonds is 2. The summed E-state index contributed by atoms with van der Waals surface area (Å²) in [6, 6.07) is 3.67. The molecule has 94 valence electrons. The van der Waals surface area contributed by atoms with Crippen molar-refractivity contribution >= 4 is 21.6 Å². The highest BCUT2D eigenvalue weighted by molar-refractivity contribution is 9.10. The molecular formula is C12H16BrFN2O. The summed E-state index contributed by atoms with van der Waals surface area (Å²) in [6.07, 6.45) is 0.926. The number of benzene rings is 1. The third-order valence-corrected chi connectivity index (χ3v) is 3.78. The van der Waals surface area contributed by atoms with Crippen LogP contribution in [0.3, 0.4) is 0 Å². The molecule has 0 aliphatic carbocycles. The molecule has 3 nitrogen and oxygen atoms in total. The highest BCUT2D eigenvalue weighted by Gasteiger charge is 2.17. The first kappa shape index (κ1) is 12.8. The van der Waals surface area contributed by atoms with Gasteiger partial charge in [0.1, 0.15) is 0 Å². The number of halogens is 2. The average Bonchev–Trinajstić information content (AvgIpc) is 2.61. The van der Waals surface area contributed by atoms with Crippen LogP contribution in [0.1, 0.15) is 12.0 Å². The van der Waals surface area contributed by atoms with E-state index in [2.05, 4.69) is 15.9 Å². The SMILES string of the molecule is NCc1ccc(N2CCCOCC2)c(F)c1Br. The second-order valence-electron chi connectivity index (χ2n) is 4.03. The van der Waals surface area contributed by atoms with Crippen LogP contribution in [0.25, 0.3) is 0 Å². The lowest BCUT2D eigenvalue weighted by Gasteiger charge is -2.23. The molecule has 1 aliphatic rings. The van der Waals surface area contributed by atoms with Crippen molar-refractivity contribution in [1.82, 2.24) is 0 Å². The van der Waals surface area contributed by atoms with Crippen LogP contribution in [0, 0.1) is 5.82 Å². The lowest BCUT2D eigenvalue weighted by Crippen LogP contribution is -2.27. The Labute approximate surface area is 109 Å². The molecule has 0 saturated carbocycles. The first-order valence-corrected chi connectivity index (χ1v) is 6.53. The van der Waals surface area contributed by atoms with Crippen LogP contribution < -0.4 is 10.6 Å². The highest BCUT2D eigenvalue weighted by atomic mass is 79.9. The van der Waals surface area contributed by atoms with Gasteiger partial charge in [-0.05, 0) is 34.0 Å². The Morgan fingerprint density at radius 2 is 2.18 bits per heavy atom. The molecule has 0 amide bonds. The molecule has 0 radical (unpaired) electrons. The molecule has 2 N–H and O–H groups in total. The van der Waals surface area contributed by atoms with Gasteiger partial charge in [-0.1, -0.05) is 6.07 Å². The van der Waals surface area contributed by atoms with Crippen molar-refractivity contribution in [3.63, 3.8) is 0 Å². The highest BCUT2D eigenvalue weighted by Crippen LogP contribution is 2.29. The Morgan fingerprint density at radius 3 is 2.94 bits per heavy atom. The van der Waals surface area contributed by atoms with E-state index in [4.69, 9.17) is 10.5 Å². The molecule has 1 aliphatic heterocycles. The van der Waals surface area contributed by atoms with Crippen molar-refractivity contribution in [3.8, 4) is 0 Å². The summed E-state index contributed by atoms with van der Waals surface area (Å²) < 4.78 is 20.0. The molecule has 1 saturated heterocycles. The summed E-state index contributed by atoms with van der Waals surface area (Å²) in [4.78, 5) is 2.02. The molecule has 1 aromatic rings. The van der Waals surface area contributed by atoms with Crippen LogP contribution in [0.15, 0.2) is 16.6 Å². The maximum absolute atomic E-state index is 14.2. The van der Waals surface area contributed by atoms with Crippen molar-refractivity contribution in [1.29, 1.82) is 0 Å². The second kappa shape index (κ2) is 5.80. The van der Waals surface area contributed by atoms with E-state index in [1.807, 2.05) is 11.0 Å². The number of nitrogens with two attached hydrogens (primary N) is 1. The zero-order valence-electron chi connectivity index (χ0n) is 9.59. The van der Waals surface area contributed by atoms with Gasteiger partial charge >= 0.3 is 0 Å². The van der Waals surface area contributed by atoms with Crippen molar-refractivity contribution in [2.75, 3.05) is 31.2 Å². The van der Waals surface area contributed by atoms with Crippen LogP contribution in [-0.2, 0) is 11.3 Å². The first-order chi connectivity index (χ1) is 8.24. The minimum atomic E-state index is -0.227. The van der Waals surface area contributed by atoms with Crippen molar-refractivity contribution in [2.24, 2.45) is 5.73 Å². The van der Waals surface area contributed by atoms with E-state index in [-0.39, 0.29) is 5.82 Å². The monoisotopic (exact) mass is 302 g/mol. The van der Waals surface area contributed by atoms with Crippen LogP contribution in [0.4, 0.5) is 10.1 Å². The average molecular weight is 303 g/mol. The van der Waals surface area contributed by atoms with Gasteiger partial charge in [0, 0.05) is 26.2 Å². The fourth-order valence-electron chi connectivity index (χ4n) is 1.97. The van der Waals surface area contributed by atoms with Gasteiger partial charge in [0.15, 0.2) is 5.82 Å². The van der Waals surface area contributed by atoms with Gasteiger partial charge in [-0.2, -0.15) is 0 Å². The van der Waals surface area contributed by atoms with E-state index in [1.54, 1.807) is 6.07 Å². The molecule has 0 unspecified atom stereocenters. The van der Waals surface area contributed by atoms with Crippen LogP contribution in [0.2, 0.25) is 0 Å². The van der Waals surface area contributed by atoms with E-state index in [0.717, 1.165) is 31.7 Å². The second-order valence-corrected chi connectivity index (χ2v) is 4.82. The van der Waals surface area contributed by atoms with Crippen molar-refractivity contribution < 1.29 is 9.13 Å². The Morgan fingerprint density at radius 1 is 1.35 bits per heavy atom. The van der Waals surface area contributed by atoms with Crippen LogP contribution in [-0.4, -0.2) is 26.3 Å². The minimum absolute atomic E-state index is 0.227. The predicted octanol–water partition coefficient (Wildman–Crippen LogP) is 2.27. The maximum Gasteiger partial charge on any atom is 0.160 e. The molecule has 1 aromatic carbocycles. The number of ether oxygens (including phenoxy) is 1. The van der Waals surface area contributed by atoms with Gasteiger partial charge in [0.05, 0.1) is 16.8 Å². The Kier molecular flexibility index (Phi) is 4.36. The minimum Gasteiger partial charge on any atom is -0.380 e. The number of hydrogen-bond donors (Lipinski definition) is 1. The standard InChI is InChI=1S/C12H16BrFN2O/c13-11-9(8-15)2-3-10(12(11)14)16-4-1-6-17-7-5-16/h2-3H,1,4-8,15H2. The Bertz CT molecular complexity index is 392. The number of hydrogen-bond acceptors (Lipinski definition) is 3. The molecule has 0 aromatic heterocycles. The first-order valence-electron chi connectivity index (χ1n) is 5.73. The number of anilines is 1. The van der Waals surface area contributed by atoms with Gasteiger partial charge in [-0.3, -0.25) is 0 Å². The predicted molar refractivity (Wildman–Crippen MR) is 69.6 cm³/mol. The summed E-state index contributed by atoms with van der Waals surface area (Å²) >= 11 is 3.26. The van der Waals surface area contributed by atoms with Crippen LogP contribution in [0.5, 0.6) is 0 Å². The molecule has 2 rings (SSSR count). The third kappa shape index (κ3) is 2.78. The number of nitrogens with zero attached hydrogens (tertiary/aromatic N) is 1. The van der Waals surface area contributed by atoms with E-state index in [0.29, 0.717) is 23.3 Å². The molecule has 5 heteroatoms. The quantitative estimate of drug-likeness (QED) is 0.911. The topological polar surface area (TPSA) is 38.5 Å². The van der Waals surface area contributed by atoms with E-state index in [1.165, 1.54) is 0 Å². The Balaban J connectivity index is 2.28. The third-order valence-electron chi connectivity index (χ3n) is 2.92. The molecule has 1 fully saturated rings. The normalized spacial score (nSPS) is 17.0. The summed E-state index contributed by atoms with van der Waals surface area (Å²) in [6.45, 7) is 3.29. The maximum atomic E-state index is 14.2. The van der Waals surface area contributed by atoms with Gasteiger partial charge in [-0.15, -0.1) is 0 Å². The lowest BCUT2D eigenvalue weighted by molar-refractivity contribution is 0.152. The van der Waals surface area contributed by atoms with Gasteiger partial charge in [0.2, 0.25) is 0 Å². The zero-order chi connectivity index (χ0) is 12.3. The Hall–Kier alpha value is -0.650.